The first kappa shape index (κ1) is 13.9. The summed E-state index contributed by atoms with van der Waals surface area (Å²) in [5.74, 6) is -0.147. The summed E-state index contributed by atoms with van der Waals surface area (Å²) in [6.45, 7) is 3.64. The van der Waals surface area contributed by atoms with Gasteiger partial charge in [0, 0.05) is 6.04 Å². The topological polar surface area (TPSA) is 61.8 Å². The normalized spacial score (nSPS) is 23.6. The van der Waals surface area contributed by atoms with E-state index in [4.69, 9.17) is 9.94 Å². The van der Waals surface area contributed by atoms with Crippen LogP contribution in [0.15, 0.2) is 0 Å². The zero-order chi connectivity index (χ0) is 12.0. The van der Waals surface area contributed by atoms with E-state index < -0.39 is 0 Å². The molecule has 1 aliphatic heterocycles. The van der Waals surface area contributed by atoms with Gasteiger partial charge in [-0.25, -0.2) is 0 Å². The van der Waals surface area contributed by atoms with E-state index in [9.17, 15) is 4.79 Å². The zero-order valence-electron chi connectivity index (χ0n) is 9.56. The van der Waals surface area contributed by atoms with Gasteiger partial charge in [-0.1, -0.05) is 0 Å². The summed E-state index contributed by atoms with van der Waals surface area (Å²) < 4.78 is 5.34. The molecule has 6 heteroatoms. The Balaban J connectivity index is 2.19. The number of carbonyl (C=O) groups is 1. The van der Waals surface area contributed by atoms with Crippen LogP contribution in [-0.4, -0.2) is 53.6 Å². The molecule has 2 N–H and O–H groups in total. The zero-order valence-corrected chi connectivity index (χ0v) is 10.4. The highest BCUT2D eigenvalue weighted by Crippen LogP contribution is 2.21. The number of hydroxylamine groups is 1. The summed E-state index contributed by atoms with van der Waals surface area (Å²) in [4.78, 5) is 13.3. The SMILES string of the molecule is CC(S)N1CCC[C@H]1COCC(=O)CNO. The van der Waals surface area contributed by atoms with E-state index >= 15 is 0 Å². The van der Waals surface area contributed by atoms with Crippen LogP contribution in [-0.2, 0) is 9.53 Å². The van der Waals surface area contributed by atoms with Crippen molar-refractivity contribution in [3.05, 3.63) is 0 Å². The van der Waals surface area contributed by atoms with Gasteiger partial charge < -0.3 is 9.94 Å². The molecule has 0 aromatic rings. The monoisotopic (exact) mass is 248 g/mol. The molecule has 16 heavy (non-hydrogen) atoms. The molecular formula is C10H20N2O3S. The Hall–Kier alpha value is -0.140. The standard InChI is InChI=1S/C10H20N2O3S/c1-8(16)12-4-2-3-9(12)6-15-7-10(13)5-11-14/h8-9,11,14,16H,2-7H2,1H3/t8?,9-/m0/s1. The van der Waals surface area contributed by atoms with E-state index in [1.54, 1.807) is 0 Å². The largest absolute Gasteiger partial charge is 0.372 e. The van der Waals surface area contributed by atoms with Gasteiger partial charge in [0.05, 0.1) is 18.5 Å². The molecule has 1 aliphatic rings. The molecule has 0 aromatic heterocycles. The summed E-state index contributed by atoms with van der Waals surface area (Å²) in [7, 11) is 0. The molecule has 94 valence electrons. The number of ketones is 1. The summed E-state index contributed by atoms with van der Waals surface area (Å²) >= 11 is 4.41. The second kappa shape index (κ2) is 7.24. The van der Waals surface area contributed by atoms with Crippen molar-refractivity contribution < 1.29 is 14.7 Å². The summed E-state index contributed by atoms with van der Waals surface area (Å²) in [5, 5.41) is 8.55. The molecule has 0 spiro atoms. The number of Topliss-reactive ketones (excluding diaryl/α,β-unsaturated/α-hetero) is 1. The summed E-state index contributed by atoms with van der Waals surface area (Å²) in [5.41, 5.74) is 1.82. The predicted molar refractivity (Wildman–Crippen MR) is 63.8 cm³/mol. The molecule has 1 saturated heterocycles. The van der Waals surface area contributed by atoms with E-state index in [1.807, 2.05) is 12.4 Å². The van der Waals surface area contributed by atoms with Crippen LogP contribution in [0, 0.1) is 0 Å². The molecule has 0 aliphatic carbocycles. The molecule has 0 bridgehead atoms. The lowest BCUT2D eigenvalue weighted by molar-refractivity contribution is -0.124. The lowest BCUT2D eigenvalue weighted by Gasteiger charge is -2.27. The smallest absolute Gasteiger partial charge is 0.174 e. The fourth-order valence-corrected chi connectivity index (χ4v) is 2.28. The van der Waals surface area contributed by atoms with E-state index in [0.29, 0.717) is 12.6 Å². The number of thiol groups is 1. The number of carbonyl (C=O) groups excluding carboxylic acids is 1. The van der Waals surface area contributed by atoms with Crippen molar-refractivity contribution in [1.82, 2.24) is 10.4 Å². The minimum absolute atomic E-state index is 0.0544. The van der Waals surface area contributed by atoms with Crippen molar-refractivity contribution in [2.24, 2.45) is 0 Å². The maximum Gasteiger partial charge on any atom is 0.174 e. The van der Waals surface area contributed by atoms with Gasteiger partial charge in [-0.15, -0.1) is 0 Å². The summed E-state index contributed by atoms with van der Waals surface area (Å²) in [6.07, 6.45) is 2.25. The summed E-state index contributed by atoms with van der Waals surface area (Å²) in [6, 6.07) is 0.363. The lowest BCUT2D eigenvalue weighted by Crippen LogP contribution is -2.37. The number of rotatable bonds is 7. The minimum Gasteiger partial charge on any atom is -0.372 e. The van der Waals surface area contributed by atoms with Crippen LogP contribution in [0.25, 0.3) is 0 Å². The van der Waals surface area contributed by atoms with Crippen LogP contribution in [0.4, 0.5) is 0 Å². The fraction of sp³-hybridized carbons (Fsp3) is 0.900. The Kier molecular flexibility index (Phi) is 6.30. The molecule has 1 heterocycles. The van der Waals surface area contributed by atoms with Crippen molar-refractivity contribution >= 4 is 18.4 Å². The third kappa shape index (κ3) is 4.39. The second-order valence-corrected chi connectivity index (χ2v) is 4.80. The Bertz CT molecular complexity index is 226. The molecule has 1 unspecified atom stereocenters. The number of ether oxygens (including phenoxy) is 1. The second-order valence-electron chi connectivity index (χ2n) is 4.05. The van der Waals surface area contributed by atoms with Gasteiger partial charge in [0.15, 0.2) is 5.78 Å². The number of nitrogens with one attached hydrogen (secondary N) is 1. The van der Waals surface area contributed by atoms with Gasteiger partial charge in [0.2, 0.25) is 0 Å². The number of hydrogen-bond acceptors (Lipinski definition) is 6. The Morgan fingerprint density at radius 2 is 2.50 bits per heavy atom. The van der Waals surface area contributed by atoms with Crippen molar-refractivity contribution in [2.75, 3.05) is 26.3 Å². The third-order valence-corrected chi connectivity index (χ3v) is 3.05. The average molecular weight is 248 g/mol. The van der Waals surface area contributed by atoms with Crippen LogP contribution in [0.2, 0.25) is 0 Å². The fourth-order valence-electron chi connectivity index (χ4n) is 1.98. The van der Waals surface area contributed by atoms with Crippen LogP contribution in [0.1, 0.15) is 19.8 Å². The molecule has 1 rings (SSSR count). The highest BCUT2D eigenvalue weighted by atomic mass is 32.1. The van der Waals surface area contributed by atoms with E-state index in [0.717, 1.165) is 19.4 Å². The molecular weight excluding hydrogens is 228 g/mol. The Morgan fingerprint density at radius 3 is 3.12 bits per heavy atom. The minimum atomic E-state index is -0.147. The number of nitrogens with zero attached hydrogens (tertiary/aromatic N) is 1. The molecule has 5 nitrogen and oxygen atoms in total. The molecule has 0 radical (unpaired) electrons. The molecule has 0 aromatic carbocycles. The predicted octanol–water partition coefficient (Wildman–Crippen LogP) is 0.291. The van der Waals surface area contributed by atoms with Crippen LogP contribution in [0.3, 0.4) is 0 Å². The average Bonchev–Trinajstić information content (AvgIpc) is 2.66. The first-order valence-electron chi connectivity index (χ1n) is 5.55. The maximum absolute atomic E-state index is 11.1. The number of hydrogen-bond donors (Lipinski definition) is 3. The van der Waals surface area contributed by atoms with Crippen LogP contribution < -0.4 is 5.48 Å². The Labute approximate surface area is 102 Å². The molecule has 2 atom stereocenters. The van der Waals surface area contributed by atoms with E-state index in [2.05, 4.69) is 17.5 Å². The highest BCUT2D eigenvalue weighted by molar-refractivity contribution is 7.80. The first-order valence-corrected chi connectivity index (χ1v) is 6.07. The van der Waals surface area contributed by atoms with Gasteiger partial charge in [-0.05, 0) is 26.3 Å². The highest BCUT2D eigenvalue weighted by Gasteiger charge is 2.26. The quantitative estimate of drug-likeness (QED) is 0.446. The van der Waals surface area contributed by atoms with Gasteiger partial charge >= 0.3 is 0 Å². The van der Waals surface area contributed by atoms with Gasteiger partial charge in [-0.3, -0.25) is 9.69 Å². The molecule has 0 amide bonds. The van der Waals surface area contributed by atoms with E-state index in [-0.39, 0.29) is 24.3 Å². The van der Waals surface area contributed by atoms with Crippen LogP contribution >= 0.6 is 12.6 Å². The first-order chi connectivity index (χ1) is 7.65. The van der Waals surface area contributed by atoms with Crippen molar-refractivity contribution in [3.8, 4) is 0 Å². The van der Waals surface area contributed by atoms with Crippen molar-refractivity contribution in [1.29, 1.82) is 0 Å². The maximum atomic E-state index is 11.1. The van der Waals surface area contributed by atoms with Gasteiger partial charge in [0.25, 0.3) is 0 Å². The Morgan fingerprint density at radius 1 is 1.75 bits per heavy atom. The lowest BCUT2D eigenvalue weighted by atomic mass is 10.2. The van der Waals surface area contributed by atoms with Gasteiger partial charge in [-0.2, -0.15) is 18.1 Å². The van der Waals surface area contributed by atoms with Crippen LogP contribution in [0.5, 0.6) is 0 Å². The third-order valence-electron chi connectivity index (χ3n) is 2.75. The van der Waals surface area contributed by atoms with E-state index in [1.165, 1.54) is 0 Å². The molecule has 1 fully saturated rings. The number of likely N-dealkylation sites (tertiary alicyclic amines) is 1. The molecule has 0 saturated carbocycles. The van der Waals surface area contributed by atoms with Crippen molar-refractivity contribution in [3.63, 3.8) is 0 Å². The van der Waals surface area contributed by atoms with Gasteiger partial charge in [0.1, 0.15) is 6.61 Å². The van der Waals surface area contributed by atoms with Crippen molar-refractivity contribution in [2.45, 2.75) is 31.2 Å².